The highest BCUT2D eigenvalue weighted by molar-refractivity contribution is 4.85. The molecule has 18 heavy (non-hydrogen) atoms. The van der Waals surface area contributed by atoms with Gasteiger partial charge in [-0.15, -0.1) is 0 Å². The summed E-state index contributed by atoms with van der Waals surface area (Å²) in [6, 6.07) is 0.909. The van der Waals surface area contributed by atoms with Crippen LogP contribution in [-0.4, -0.2) is 36.1 Å². The van der Waals surface area contributed by atoms with Crippen LogP contribution in [0.25, 0.3) is 0 Å². The third-order valence-corrected chi connectivity index (χ3v) is 4.58. The third-order valence-electron chi connectivity index (χ3n) is 4.58. The molecule has 2 nitrogen and oxygen atoms in total. The van der Waals surface area contributed by atoms with E-state index in [0.717, 1.165) is 12.0 Å². The second-order valence-corrected chi connectivity index (χ2v) is 7.43. The van der Waals surface area contributed by atoms with Crippen LogP contribution in [0.4, 0.5) is 0 Å². The fourth-order valence-corrected chi connectivity index (χ4v) is 3.43. The third kappa shape index (κ3) is 4.55. The van der Waals surface area contributed by atoms with Gasteiger partial charge < -0.3 is 10.2 Å². The molecule has 1 unspecified atom stereocenters. The van der Waals surface area contributed by atoms with E-state index in [0.29, 0.717) is 0 Å². The molecule has 1 saturated carbocycles. The zero-order valence-corrected chi connectivity index (χ0v) is 12.7. The monoisotopic (exact) mass is 252 g/mol. The van der Waals surface area contributed by atoms with E-state index in [1.54, 1.807) is 0 Å². The molecule has 106 valence electrons. The van der Waals surface area contributed by atoms with Crippen LogP contribution in [0, 0.1) is 5.92 Å². The second kappa shape index (κ2) is 6.38. The molecule has 1 saturated heterocycles. The Labute approximate surface area is 114 Å². The fourth-order valence-electron chi connectivity index (χ4n) is 3.43. The zero-order valence-electron chi connectivity index (χ0n) is 12.7. The Hall–Kier alpha value is -0.0800. The molecule has 2 aliphatic rings. The summed E-state index contributed by atoms with van der Waals surface area (Å²) >= 11 is 0. The summed E-state index contributed by atoms with van der Waals surface area (Å²) in [6.45, 7) is 10.7. The van der Waals surface area contributed by atoms with Crippen molar-refractivity contribution in [3.8, 4) is 0 Å². The Morgan fingerprint density at radius 3 is 2.28 bits per heavy atom. The normalized spacial score (nSPS) is 28.5. The van der Waals surface area contributed by atoms with Crippen molar-refractivity contribution in [2.24, 2.45) is 5.92 Å². The quantitative estimate of drug-likeness (QED) is 0.774. The molecule has 2 heteroatoms. The van der Waals surface area contributed by atoms with Gasteiger partial charge in [0.2, 0.25) is 0 Å². The number of nitrogens with zero attached hydrogens (tertiary/aromatic N) is 1. The van der Waals surface area contributed by atoms with E-state index in [4.69, 9.17) is 0 Å². The predicted molar refractivity (Wildman–Crippen MR) is 78.9 cm³/mol. The first-order chi connectivity index (χ1) is 8.54. The largest absolute Gasteiger partial charge is 0.312 e. The van der Waals surface area contributed by atoms with E-state index in [9.17, 15) is 0 Å². The minimum absolute atomic E-state index is 0.274. The lowest BCUT2D eigenvalue weighted by Crippen LogP contribution is -2.40. The van der Waals surface area contributed by atoms with Crippen LogP contribution in [0.5, 0.6) is 0 Å². The maximum absolute atomic E-state index is 3.67. The molecule has 0 aromatic carbocycles. The number of hydrogen-bond donors (Lipinski definition) is 1. The van der Waals surface area contributed by atoms with Gasteiger partial charge in [-0.2, -0.15) is 0 Å². The van der Waals surface area contributed by atoms with E-state index < -0.39 is 0 Å². The Kier molecular flexibility index (Phi) is 5.08. The first kappa shape index (κ1) is 14.3. The molecule has 2 fully saturated rings. The van der Waals surface area contributed by atoms with E-state index in [1.165, 1.54) is 64.6 Å². The van der Waals surface area contributed by atoms with Crippen molar-refractivity contribution in [1.29, 1.82) is 0 Å². The number of hydrogen-bond acceptors (Lipinski definition) is 2. The Morgan fingerprint density at radius 1 is 1.00 bits per heavy atom. The Balaban J connectivity index is 1.73. The lowest BCUT2D eigenvalue weighted by molar-refractivity contribution is 0.211. The van der Waals surface area contributed by atoms with Crippen LogP contribution in [0.2, 0.25) is 0 Å². The number of likely N-dealkylation sites (tertiary alicyclic amines) is 1. The van der Waals surface area contributed by atoms with Crippen LogP contribution in [0.15, 0.2) is 0 Å². The van der Waals surface area contributed by atoms with Crippen molar-refractivity contribution in [2.75, 3.05) is 19.6 Å². The van der Waals surface area contributed by atoms with E-state index in [1.807, 2.05) is 0 Å². The summed E-state index contributed by atoms with van der Waals surface area (Å²) in [5, 5.41) is 3.67. The first-order valence-electron chi connectivity index (χ1n) is 8.04. The van der Waals surface area contributed by atoms with Crippen molar-refractivity contribution in [1.82, 2.24) is 10.2 Å². The first-order valence-corrected chi connectivity index (χ1v) is 8.04. The van der Waals surface area contributed by atoms with Crippen molar-refractivity contribution >= 4 is 0 Å². The molecule has 0 aromatic rings. The highest BCUT2D eigenvalue weighted by Crippen LogP contribution is 2.27. The summed E-state index contributed by atoms with van der Waals surface area (Å²) < 4.78 is 0. The lowest BCUT2D eigenvalue weighted by Gasteiger charge is -2.27. The van der Waals surface area contributed by atoms with Gasteiger partial charge in [0.15, 0.2) is 0 Å². The van der Waals surface area contributed by atoms with Gasteiger partial charge in [0, 0.05) is 18.1 Å². The predicted octanol–water partition coefficient (Wildman–Crippen LogP) is 3.42. The van der Waals surface area contributed by atoms with Gasteiger partial charge in [-0.3, -0.25) is 0 Å². The zero-order chi connectivity index (χ0) is 13.0. The molecule has 0 aromatic heterocycles. The van der Waals surface area contributed by atoms with Crippen LogP contribution in [0.1, 0.15) is 65.7 Å². The molecule has 0 spiro atoms. The minimum Gasteiger partial charge on any atom is -0.312 e. The maximum atomic E-state index is 3.67. The summed E-state index contributed by atoms with van der Waals surface area (Å²) in [5.41, 5.74) is 0.274. The topological polar surface area (TPSA) is 15.3 Å². The van der Waals surface area contributed by atoms with E-state index in [-0.39, 0.29) is 5.54 Å². The van der Waals surface area contributed by atoms with Crippen molar-refractivity contribution in [3.63, 3.8) is 0 Å². The fraction of sp³-hybridized carbons (Fsp3) is 1.00. The molecule has 1 atom stereocenters. The molecule has 0 bridgehead atoms. The van der Waals surface area contributed by atoms with Gasteiger partial charge in [0.05, 0.1) is 0 Å². The summed E-state index contributed by atoms with van der Waals surface area (Å²) in [5.74, 6) is 0.882. The van der Waals surface area contributed by atoms with Crippen molar-refractivity contribution in [2.45, 2.75) is 77.3 Å². The van der Waals surface area contributed by atoms with Gasteiger partial charge in [0.1, 0.15) is 0 Å². The molecule has 0 amide bonds. The van der Waals surface area contributed by atoms with E-state index >= 15 is 0 Å². The highest BCUT2D eigenvalue weighted by atomic mass is 15.2. The average Bonchev–Trinajstić information content (AvgIpc) is 2.60. The molecule has 1 heterocycles. The van der Waals surface area contributed by atoms with Gasteiger partial charge >= 0.3 is 0 Å². The van der Waals surface area contributed by atoms with Gasteiger partial charge in [0.25, 0.3) is 0 Å². The summed E-state index contributed by atoms with van der Waals surface area (Å²) in [4.78, 5) is 2.79. The molecular weight excluding hydrogens is 220 g/mol. The van der Waals surface area contributed by atoms with Crippen molar-refractivity contribution in [3.05, 3.63) is 0 Å². The van der Waals surface area contributed by atoms with Crippen molar-refractivity contribution < 1.29 is 0 Å². The van der Waals surface area contributed by atoms with E-state index in [2.05, 4.69) is 31.0 Å². The molecule has 1 aliphatic heterocycles. The minimum atomic E-state index is 0.274. The lowest BCUT2D eigenvalue weighted by atomic mass is 10.0. The molecule has 1 N–H and O–H groups in total. The van der Waals surface area contributed by atoms with Crippen LogP contribution in [-0.2, 0) is 0 Å². The van der Waals surface area contributed by atoms with Crippen LogP contribution in [0.3, 0.4) is 0 Å². The molecule has 2 rings (SSSR count). The number of rotatable bonds is 3. The average molecular weight is 252 g/mol. The highest BCUT2D eigenvalue weighted by Gasteiger charge is 2.28. The molecule has 1 aliphatic carbocycles. The summed E-state index contributed by atoms with van der Waals surface area (Å²) in [7, 11) is 0. The Morgan fingerprint density at radius 2 is 1.67 bits per heavy atom. The smallest absolute Gasteiger partial charge is 0.00966 e. The summed E-state index contributed by atoms with van der Waals surface area (Å²) in [6.07, 6.45) is 10.2. The standard InChI is InChI=1S/C16H32N2/c1-16(2,3)17-12-14-10-11-18(13-14)15-8-6-4-5-7-9-15/h14-15,17H,4-13H2,1-3H3. The van der Waals surface area contributed by atoms with Gasteiger partial charge in [-0.05, 0) is 59.0 Å². The van der Waals surface area contributed by atoms with Crippen LogP contribution >= 0.6 is 0 Å². The SMILES string of the molecule is CC(C)(C)NCC1CCN(C2CCCCCC2)C1. The molecule has 0 radical (unpaired) electrons. The molecular formula is C16H32N2. The van der Waals surface area contributed by atoms with Crippen LogP contribution < -0.4 is 5.32 Å². The second-order valence-electron chi connectivity index (χ2n) is 7.43. The Bertz CT molecular complexity index is 236. The maximum Gasteiger partial charge on any atom is 0.00966 e. The van der Waals surface area contributed by atoms with Gasteiger partial charge in [-0.25, -0.2) is 0 Å². The number of nitrogens with one attached hydrogen (secondary N) is 1. The van der Waals surface area contributed by atoms with Gasteiger partial charge in [-0.1, -0.05) is 25.7 Å².